The van der Waals surface area contributed by atoms with E-state index in [1.54, 1.807) is 0 Å². The number of ether oxygens (including phenoxy) is 1. The maximum Gasteiger partial charge on any atom is 0.411 e. The van der Waals surface area contributed by atoms with Gasteiger partial charge < -0.3 is 15.0 Å². The first kappa shape index (κ1) is 12.9. The molecule has 0 unspecified atom stereocenters. The molecule has 0 aliphatic carbocycles. The highest BCUT2D eigenvalue weighted by Gasteiger charge is 2.27. The number of aromatic nitrogens is 2. The lowest BCUT2D eigenvalue weighted by molar-refractivity contribution is -0.177. The molecule has 0 bridgehead atoms. The van der Waals surface area contributed by atoms with Crippen molar-refractivity contribution in [1.29, 1.82) is 0 Å². The summed E-state index contributed by atoms with van der Waals surface area (Å²) in [5.41, 5.74) is 5.59. The fourth-order valence-electron chi connectivity index (χ4n) is 0.909. The van der Waals surface area contributed by atoms with Crippen molar-refractivity contribution in [3.05, 3.63) is 11.7 Å². The van der Waals surface area contributed by atoms with Crippen molar-refractivity contribution in [3.8, 4) is 0 Å². The average molecular weight is 239 g/mol. The second-order valence-electron chi connectivity index (χ2n) is 3.17. The lowest BCUT2D eigenvalue weighted by Crippen LogP contribution is -2.17. The summed E-state index contributed by atoms with van der Waals surface area (Å²) in [6.07, 6.45) is -3.75. The van der Waals surface area contributed by atoms with E-state index in [2.05, 4.69) is 14.9 Å². The van der Waals surface area contributed by atoms with Crippen LogP contribution in [0.25, 0.3) is 0 Å². The Labute approximate surface area is 89.8 Å². The highest BCUT2D eigenvalue weighted by atomic mass is 19.4. The number of halogens is 3. The molecule has 1 atom stereocenters. The largest absolute Gasteiger partial charge is 0.411 e. The third kappa shape index (κ3) is 4.15. The summed E-state index contributed by atoms with van der Waals surface area (Å²) in [5, 5.41) is 3.45. The van der Waals surface area contributed by atoms with E-state index >= 15 is 0 Å². The van der Waals surface area contributed by atoms with Crippen molar-refractivity contribution in [2.45, 2.75) is 32.2 Å². The Balaban J connectivity index is 2.41. The van der Waals surface area contributed by atoms with Crippen LogP contribution >= 0.6 is 0 Å². The van der Waals surface area contributed by atoms with E-state index in [0.29, 0.717) is 6.42 Å². The molecule has 0 spiro atoms. The maximum absolute atomic E-state index is 11.7. The Hall–Kier alpha value is -1.15. The lowest BCUT2D eigenvalue weighted by atomic mass is 10.2. The molecule has 2 N–H and O–H groups in total. The zero-order chi connectivity index (χ0) is 12.2. The van der Waals surface area contributed by atoms with Crippen LogP contribution in [-0.4, -0.2) is 22.9 Å². The van der Waals surface area contributed by atoms with Crippen molar-refractivity contribution in [2.75, 3.05) is 6.61 Å². The molecule has 92 valence electrons. The van der Waals surface area contributed by atoms with Gasteiger partial charge in [0, 0.05) is 0 Å². The van der Waals surface area contributed by atoms with Crippen LogP contribution in [0.5, 0.6) is 0 Å². The third-order valence-electron chi connectivity index (χ3n) is 1.74. The summed E-state index contributed by atoms with van der Waals surface area (Å²) in [5.74, 6) is 0.260. The van der Waals surface area contributed by atoms with Crippen LogP contribution in [-0.2, 0) is 11.3 Å². The normalized spacial score (nSPS) is 14.1. The molecule has 1 rings (SSSR count). The summed E-state index contributed by atoms with van der Waals surface area (Å²) in [7, 11) is 0. The van der Waals surface area contributed by atoms with E-state index in [-0.39, 0.29) is 18.3 Å². The van der Waals surface area contributed by atoms with Crippen LogP contribution in [0.4, 0.5) is 13.2 Å². The highest BCUT2D eigenvalue weighted by molar-refractivity contribution is 4.90. The van der Waals surface area contributed by atoms with Gasteiger partial charge in [-0.25, -0.2) is 0 Å². The summed E-state index contributed by atoms with van der Waals surface area (Å²) >= 11 is 0. The summed E-state index contributed by atoms with van der Waals surface area (Å²) < 4.78 is 44.3. The molecule has 0 saturated heterocycles. The first-order valence-corrected chi connectivity index (χ1v) is 4.65. The van der Waals surface area contributed by atoms with Crippen molar-refractivity contribution in [3.63, 3.8) is 0 Å². The molecule has 1 aromatic rings. The molecule has 1 aromatic heterocycles. The van der Waals surface area contributed by atoms with Gasteiger partial charge in [0.2, 0.25) is 5.89 Å². The highest BCUT2D eigenvalue weighted by Crippen LogP contribution is 2.16. The Kier molecular flexibility index (Phi) is 4.25. The second kappa shape index (κ2) is 5.26. The van der Waals surface area contributed by atoms with Crippen LogP contribution in [0.3, 0.4) is 0 Å². The van der Waals surface area contributed by atoms with E-state index in [1.165, 1.54) is 0 Å². The topological polar surface area (TPSA) is 74.2 Å². The minimum atomic E-state index is -4.35. The van der Waals surface area contributed by atoms with Gasteiger partial charge in [0.05, 0.1) is 6.04 Å². The van der Waals surface area contributed by atoms with Gasteiger partial charge in [0.25, 0.3) is 0 Å². The van der Waals surface area contributed by atoms with Gasteiger partial charge in [-0.2, -0.15) is 18.2 Å². The number of alkyl halides is 3. The first-order valence-electron chi connectivity index (χ1n) is 4.65. The monoisotopic (exact) mass is 239 g/mol. The minimum absolute atomic E-state index is 0.0585. The van der Waals surface area contributed by atoms with E-state index in [0.717, 1.165) is 0 Å². The summed E-state index contributed by atoms with van der Waals surface area (Å²) in [6.45, 7) is 0.144. The zero-order valence-electron chi connectivity index (χ0n) is 8.62. The molecule has 5 nitrogen and oxygen atoms in total. The average Bonchev–Trinajstić information content (AvgIpc) is 2.63. The van der Waals surface area contributed by atoms with Gasteiger partial charge in [-0.05, 0) is 6.42 Å². The van der Waals surface area contributed by atoms with Crippen molar-refractivity contribution in [2.24, 2.45) is 5.73 Å². The first-order chi connectivity index (χ1) is 7.42. The van der Waals surface area contributed by atoms with Crippen LogP contribution in [0.2, 0.25) is 0 Å². The molecule has 8 heteroatoms. The molecule has 1 heterocycles. The molecule has 0 aliphatic rings. The molecule has 0 amide bonds. The third-order valence-corrected chi connectivity index (χ3v) is 1.74. The molecule has 0 aliphatic heterocycles. The van der Waals surface area contributed by atoms with Crippen LogP contribution < -0.4 is 5.73 Å². The number of rotatable bonds is 5. The van der Waals surface area contributed by atoms with Crippen LogP contribution in [0.1, 0.15) is 31.1 Å². The van der Waals surface area contributed by atoms with E-state index in [9.17, 15) is 13.2 Å². The van der Waals surface area contributed by atoms with Crippen molar-refractivity contribution < 1.29 is 22.4 Å². The maximum atomic E-state index is 11.7. The number of hydrogen-bond acceptors (Lipinski definition) is 5. The fourth-order valence-corrected chi connectivity index (χ4v) is 0.909. The van der Waals surface area contributed by atoms with E-state index < -0.39 is 18.8 Å². The fraction of sp³-hybridized carbons (Fsp3) is 0.750. The summed E-state index contributed by atoms with van der Waals surface area (Å²) in [4.78, 5) is 3.81. The molecule has 0 fully saturated rings. The van der Waals surface area contributed by atoms with Crippen molar-refractivity contribution >= 4 is 0 Å². The van der Waals surface area contributed by atoms with E-state index in [4.69, 9.17) is 10.3 Å². The smallest absolute Gasteiger partial charge is 0.364 e. The predicted molar refractivity (Wildman–Crippen MR) is 47.2 cm³/mol. The quantitative estimate of drug-likeness (QED) is 0.843. The Morgan fingerprint density at radius 3 is 2.75 bits per heavy atom. The van der Waals surface area contributed by atoms with Gasteiger partial charge in [-0.1, -0.05) is 12.1 Å². The van der Waals surface area contributed by atoms with Crippen molar-refractivity contribution in [1.82, 2.24) is 10.1 Å². The summed E-state index contributed by atoms with van der Waals surface area (Å²) in [6, 6.07) is -0.399. The SMILES string of the molecule is CC[C@H](N)c1nc(COCC(F)(F)F)no1. The Bertz CT molecular complexity index is 327. The predicted octanol–water partition coefficient (Wildman–Crippen LogP) is 1.56. The Morgan fingerprint density at radius 2 is 2.19 bits per heavy atom. The molecular weight excluding hydrogens is 227 g/mol. The number of nitrogens with zero attached hydrogens (tertiary/aromatic N) is 2. The van der Waals surface area contributed by atoms with Crippen LogP contribution in [0.15, 0.2) is 4.52 Å². The molecule has 0 radical (unpaired) electrons. The molecular formula is C8H12F3N3O2. The van der Waals surface area contributed by atoms with Gasteiger partial charge in [-0.15, -0.1) is 0 Å². The number of hydrogen-bond donors (Lipinski definition) is 1. The molecule has 0 saturated carbocycles. The lowest BCUT2D eigenvalue weighted by Gasteiger charge is -2.04. The van der Waals surface area contributed by atoms with Gasteiger partial charge in [-0.3, -0.25) is 0 Å². The van der Waals surface area contributed by atoms with Gasteiger partial charge >= 0.3 is 6.18 Å². The minimum Gasteiger partial charge on any atom is -0.364 e. The standard InChI is InChI=1S/C8H12F3N3O2/c1-2-5(12)7-13-6(14-16-7)3-15-4-8(9,10)11/h5H,2-4,12H2,1H3/t5-/m0/s1. The van der Waals surface area contributed by atoms with Gasteiger partial charge in [0.15, 0.2) is 5.82 Å². The Morgan fingerprint density at radius 1 is 1.50 bits per heavy atom. The van der Waals surface area contributed by atoms with Crippen LogP contribution in [0, 0.1) is 0 Å². The second-order valence-corrected chi connectivity index (χ2v) is 3.17. The molecule has 0 aromatic carbocycles. The van der Waals surface area contributed by atoms with Gasteiger partial charge in [0.1, 0.15) is 13.2 Å². The zero-order valence-corrected chi connectivity index (χ0v) is 8.62. The molecule has 16 heavy (non-hydrogen) atoms. The number of nitrogens with two attached hydrogens (primary N) is 1. The van der Waals surface area contributed by atoms with E-state index in [1.807, 2.05) is 6.92 Å².